The van der Waals surface area contributed by atoms with Crippen molar-refractivity contribution in [1.29, 1.82) is 0 Å². The summed E-state index contributed by atoms with van der Waals surface area (Å²) in [7, 11) is 0. The van der Waals surface area contributed by atoms with Crippen LogP contribution >= 0.6 is 31.9 Å². The first-order valence-electron chi connectivity index (χ1n) is 4.58. The molecule has 15 heavy (non-hydrogen) atoms. The Labute approximate surface area is 105 Å². The molecule has 1 amide bonds. The van der Waals surface area contributed by atoms with E-state index in [1.54, 1.807) is 4.90 Å². The molecular formula is C10H10Br2N2O. The third-order valence-corrected chi connectivity index (χ3v) is 3.23. The number of benzene rings is 1. The quantitative estimate of drug-likeness (QED) is 0.857. The molecule has 1 unspecified atom stereocenters. The number of nitrogens with two attached hydrogens (primary N) is 1. The van der Waals surface area contributed by atoms with E-state index in [1.165, 1.54) is 0 Å². The highest BCUT2D eigenvalue weighted by Gasteiger charge is 2.28. The van der Waals surface area contributed by atoms with Crippen LogP contribution in [-0.2, 0) is 4.79 Å². The maximum Gasteiger partial charge on any atom is 0.228 e. The summed E-state index contributed by atoms with van der Waals surface area (Å²) in [5, 5.41) is 0. The summed E-state index contributed by atoms with van der Waals surface area (Å²) in [4.78, 5) is 13.3. The van der Waals surface area contributed by atoms with Gasteiger partial charge in [-0.3, -0.25) is 4.79 Å². The van der Waals surface area contributed by atoms with Crippen LogP contribution in [0.15, 0.2) is 27.1 Å². The topological polar surface area (TPSA) is 46.3 Å². The van der Waals surface area contributed by atoms with Crippen LogP contribution in [0.25, 0.3) is 0 Å². The Morgan fingerprint density at radius 3 is 2.33 bits per heavy atom. The smallest absolute Gasteiger partial charge is 0.228 e. The second-order valence-corrected chi connectivity index (χ2v) is 5.43. The van der Waals surface area contributed by atoms with Crippen LogP contribution in [0.1, 0.15) is 6.42 Å². The van der Waals surface area contributed by atoms with Gasteiger partial charge in [-0.25, -0.2) is 0 Å². The Bertz CT molecular complexity index is 388. The fourth-order valence-electron chi connectivity index (χ4n) is 1.68. The van der Waals surface area contributed by atoms with Crippen molar-refractivity contribution in [3.63, 3.8) is 0 Å². The first-order chi connectivity index (χ1) is 7.06. The predicted molar refractivity (Wildman–Crippen MR) is 66.8 cm³/mol. The summed E-state index contributed by atoms with van der Waals surface area (Å²) in [5.74, 6) is 0.0903. The molecule has 5 heteroatoms. The van der Waals surface area contributed by atoms with Gasteiger partial charge in [-0.2, -0.15) is 0 Å². The second-order valence-electron chi connectivity index (χ2n) is 3.60. The average Bonchev–Trinajstić information content (AvgIpc) is 2.43. The zero-order valence-corrected chi connectivity index (χ0v) is 11.1. The van der Waals surface area contributed by atoms with Crippen molar-refractivity contribution < 1.29 is 4.79 Å². The van der Waals surface area contributed by atoms with Crippen LogP contribution in [0, 0.1) is 0 Å². The maximum absolute atomic E-state index is 11.6. The van der Waals surface area contributed by atoms with Crippen molar-refractivity contribution in [3.8, 4) is 0 Å². The Balaban J connectivity index is 2.33. The van der Waals surface area contributed by atoms with E-state index >= 15 is 0 Å². The summed E-state index contributed by atoms with van der Waals surface area (Å²) in [6.45, 7) is 0.599. The van der Waals surface area contributed by atoms with Crippen molar-refractivity contribution in [1.82, 2.24) is 0 Å². The molecule has 1 aromatic rings. The van der Waals surface area contributed by atoms with Crippen molar-refractivity contribution in [2.75, 3.05) is 11.4 Å². The highest BCUT2D eigenvalue weighted by molar-refractivity contribution is 9.11. The van der Waals surface area contributed by atoms with Gasteiger partial charge >= 0.3 is 0 Å². The molecule has 0 radical (unpaired) electrons. The number of halogens is 2. The van der Waals surface area contributed by atoms with Crippen LogP contribution in [0.3, 0.4) is 0 Å². The number of hydrogen-bond acceptors (Lipinski definition) is 2. The van der Waals surface area contributed by atoms with Crippen LogP contribution in [0.4, 0.5) is 5.69 Å². The Hall–Kier alpha value is -0.390. The number of carbonyl (C=O) groups excluding carboxylic acids is 1. The molecule has 1 aromatic carbocycles. The lowest BCUT2D eigenvalue weighted by molar-refractivity contribution is -0.117. The van der Waals surface area contributed by atoms with E-state index in [4.69, 9.17) is 5.73 Å². The molecule has 1 aliphatic rings. The zero-order chi connectivity index (χ0) is 11.0. The molecule has 0 aromatic heterocycles. The highest BCUT2D eigenvalue weighted by Crippen LogP contribution is 2.28. The minimum Gasteiger partial charge on any atom is -0.326 e. The monoisotopic (exact) mass is 332 g/mol. The molecule has 1 fully saturated rings. The van der Waals surface area contributed by atoms with Crippen molar-refractivity contribution in [3.05, 3.63) is 27.1 Å². The molecule has 0 bridgehead atoms. The van der Waals surface area contributed by atoms with E-state index in [1.807, 2.05) is 18.2 Å². The van der Waals surface area contributed by atoms with Gasteiger partial charge in [0.15, 0.2) is 0 Å². The molecule has 1 saturated heterocycles. The minimum atomic E-state index is -0.0461. The largest absolute Gasteiger partial charge is 0.326 e. The van der Waals surface area contributed by atoms with Gasteiger partial charge in [0.1, 0.15) is 0 Å². The van der Waals surface area contributed by atoms with Gasteiger partial charge in [-0.1, -0.05) is 31.9 Å². The van der Waals surface area contributed by atoms with E-state index in [-0.39, 0.29) is 11.9 Å². The molecule has 1 aliphatic heterocycles. The van der Waals surface area contributed by atoms with Crippen molar-refractivity contribution >= 4 is 43.5 Å². The summed E-state index contributed by atoms with van der Waals surface area (Å²) in [5.41, 5.74) is 6.63. The molecule has 0 spiro atoms. The van der Waals surface area contributed by atoms with E-state index < -0.39 is 0 Å². The standard InChI is InChI=1S/C10H10Br2N2O/c11-6-1-7(12)3-9(2-6)14-5-8(13)4-10(14)15/h1-3,8H,4-5,13H2. The van der Waals surface area contributed by atoms with Gasteiger partial charge in [0.2, 0.25) is 5.91 Å². The molecule has 2 rings (SSSR count). The van der Waals surface area contributed by atoms with E-state index in [2.05, 4.69) is 31.9 Å². The van der Waals surface area contributed by atoms with Crippen LogP contribution in [-0.4, -0.2) is 18.5 Å². The fourth-order valence-corrected chi connectivity index (χ4v) is 2.95. The first kappa shape index (κ1) is 11.1. The summed E-state index contributed by atoms with van der Waals surface area (Å²) < 4.78 is 1.89. The van der Waals surface area contributed by atoms with Crippen LogP contribution in [0.2, 0.25) is 0 Å². The highest BCUT2D eigenvalue weighted by atomic mass is 79.9. The lowest BCUT2D eigenvalue weighted by atomic mass is 10.3. The van der Waals surface area contributed by atoms with Crippen molar-refractivity contribution in [2.24, 2.45) is 5.73 Å². The second kappa shape index (κ2) is 4.23. The molecule has 0 aliphatic carbocycles. The SMILES string of the molecule is NC1CC(=O)N(c2cc(Br)cc(Br)c2)C1. The van der Waals surface area contributed by atoms with E-state index in [9.17, 15) is 4.79 Å². The first-order valence-corrected chi connectivity index (χ1v) is 6.17. The summed E-state index contributed by atoms with van der Waals surface area (Å²) >= 11 is 6.79. The van der Waals surface area contributed by atoms with Gasteiger partial charge in [-0.15, -0.1) is 0 Å². The molecule has 80 valence electrons. The number of nitrogens with zero attached hydrogens (tertiary/aromatic N) is 1. The molecule has 1 atom stereocenters. The van der Waals surface area contributed by atoms with E-state index in [0.29, 0.717) is 13.0 Å². The number of hydrogen-bond donors (Lipinski definition) is 1. The average molecular weight is 334 g/mol. The Kier molecular flexibility index (Phi) is 3.13. The van der Waals surface area contributed by atoms with Gasteiger partial charge in [0.25, 0.3) is 0 Å². The molecule has 3 nitrogen and oxygen atoms in total. The van der Waals surface area contributed by atoms with Crippen LogP contribution in [0.5, 0.6) is 0 Å². The normalized spacial score (nSPS) is 21.1. The maximum atomic E-state index is 11.6. The van der Waals surface area contributed by atoms with Gasteiger partial charge in [-0.05, 0) is 18.2 Å². The molecule has 0 saturated carbocycles. The Morgan fingerprint density at radius 1 is 1.27 bits per heavy atom. The third kappa shape index (κ3) is 2.41. The summed E-state index contributed by atoms with van der Waals surface area (Å²) in [6, 6.07) is 5.72. The minimum absolute atomic E-state index is 0.0461. The number of anilines is 1. The number of rotatable bonds is 1. The Morgan fingerprint density at radius 2 is 1.87 bits per heavy atom. The molecule has 1 heterocycles. The van der Waals surface area contributed by atoms with Crippen molar-refractivity contribution in [2.45, 2.75) is 12.5 Å². The zero-order valence-electron chi connectivity index (χ0n) is 7.91. The molecular weight excluding hydrogens is 324 g/mol. The van der Waals surface area contributed by atoms with Crippen LogP contribution < -0.4 is 10.6 Å². The lowest BCUT2D eigenvalue weighted by Crippen LogP contribution is -2.27. The lowest BCUT2D eigenvalue weighted by Gasteiger charge is -2.16. The third-order valence-electron chi connectivity index (χ3n) is 2.31. The number of carbonyl (C=O) groups is 1. The van der Waals surface area contributed by atoms with Gasteiger partial charge in [0, 0.05) is 33.6 Å². The van der Waals surface area contributed by atoms with Gasteiger partial charge in [0.05, 0.1) is 0 Å². The predicted octanol–water partition coefficient (Wildman–Crippen LogP) is 2.28. The molecule has 2 N–H and O–H groups in total. The number of amides is 1. The van der Waals surface area contributed by atoms with E-state index in [0.717, 1.165) is 14.6 Å². The fraction of sp³-hybridized carbons (Fsp3) is 0.300. The van der Waals surface area contributed by atoms with Gasteiger partial charge < -0.3 is 10.6 Å². The summed E-state index contributed by atoms with van der Waals surface area (Å²) in [6.07, 6.45) is 0.435.